The number of nitrogens with one attached hydrogen (secondary N) is 1. The van der Waals surface area contributed by atoms with Gasteiger partial charge in [-0.05, 0) is 44.3 Å². The first-order valence-corrected chi connectivity index (χ1v) is 6.94. The maximum Gasteiger partial charge on any atom is 0.313 e. The van der Waals surface area contributed by atoms with Crippen LogP contribution in [0.4, 0.5) is 0 Å². The molecule has 0 saturated heterocycles. The van der Waals surface area contributed by atoms with Gasteiger partial charge in [0, 0.05) is 23.6 Å². The summed E-state index contributed by atoms with van der Waals surface area (Å²) >= 11 is 0. The molecule has 0 aliphatic heterocycles. The molecule has 1 aromatic carbocycles. The van der Waals surface area contributed by atoms with Crippen LogP contribution in [-0.4, -0.2) is 36.5 Å². The summed E-state index contributed by atoms with van der Waals surface area (Å²) < 4.78 is 5.37. The van der Waals surface area contributed by atoms with E-state index in [0.29, 0.717) is 5.75 Å². The van der Waals surface area contributed by atoms with Gasteiger partial charge in [-0.3, -0.25) is 4.79 Å². The van der Waals surface area contributed by atoms with E-state index in [0.717, 1.165) is 23.9 Å². The van der Waals surface area contributed by atoms with E-state index in [-0.39, 0.29) is 11.9 Å². The Morgan fingerprint density at radius 1 is 1.35 bits per heavy atom. The molecular formula is C16H22N2O2. The zero-order chi connectivity index (χ0) is 14.7. The number of aromatic amines is 1. The Morgan fingerprint density at radius 2 is 2.10 bits per heavy atom. The molecule has 20 heavy (non-hydrogen) atoms. The van der Waals surface area contributed by atoms with Crippen molar-refractivity contribution in [1.82, 2.24) is 9.88 Å². The van der Waals surface area contributed by atoms with Crippen LogP contribution in [0, 0.1) is 5.92 Å². The summed E-state index contributed by atoms with van der Waals surface area (Å²) in [6.45, 7) is 4.66. The van der Waals surface area contributed by atoms with E-state index < -0.39 is 0 Å². The van der Waals surface area contributed by atoms with Crippen molar-refractivity contribution in [2.24, 2.45) is 5.92 Å². The molecule has 0 fully saturated rings. The topological polar surface area (TPSA) is 45.3 Å². The second-order valence-electron chi connectivity index (χ2n) is 5.65. The third-order valence-electron chi connectivity index (χ3n) is 3.26. The van der Waals surface area contributed by atoms with Gasteiger partial charge in [-0.25, -0.2) is 0 Å². The van der Waals surface area contributed by atoms with Crippen LogP contribution in [0.3, 0.4) is 0 Å². The minimum absolute atomic E-state index is 0.120. The molecule has 4 nitrogen and oxygen atoms in total. The number of H-pyrrole nitrogens is 1. The Hall–Kier alpha value is -1.81. The number of fused-ring (bicyclic) bond motifs is 1. The zero-order valence-corrected chi connectivity index (χ0v) is 12.6. The SMILES string of the molecule is CC(C)C(=O)Oc1ccc2[nH]cc(CCN(C)C)c2c1. The first-order chi connectivity index (χ1) is 9.47. The summed E-state index contributed by atoms with van der Waals surface area (Å²) in [5.41, 5.74) is 2.32. The molecule has 0 atom stereocenters. The van der Waals surface area contributed by atoms with Gasteiger partial charge in [-0.2, -0.15) is 0 Å². The number of esters is 1. The first kappa shape index (κ1) is 14.6. The van der Waals surface area contributed by atoms with Crippen LogP contribution in [0.5, 0.6) is 5.75 Å². The van der Waals surface area contributed by atoms with Gasteiger partial charge in [0.1, 0.15) is 5.75 Å². The van der Waals surface area contributed by atoms with E-state index in [9.17, 15) is 4.79 Å². The van der Waals surface area contributed by atoms with Crippen molar-refractivity contribution in [3.05, 3.63) is 30.0 Å². The van der Waals surface area contributed by atoms with Gasteiger partial charge >= 0.3 is 5.97 Å². The van der Waals surface area contributed by atoms with Crippen molar-refractivity contribution in [3.63, 3.8) is 0 Å². The van der Waals surface area contributed by atoms with Crippen molar-refractivity contribution in [3.8, 4) is 5.75 Å². The van der Waals surface area contributed by atoms with E-state index in [1.807, 2.05) is 38.2 Å². The van der Waals surface area contributed by atoms with Crippen molar-refractivity contribution < 1.29 is 9.53 Å². The van der Waals surface area contributed by atoms with Crippen molar-refractivity contribution in [2.45, 2.75) is 20.3 Å². The van der Waals surface area contributed by atoms with Gasteiger partial charge in [0.25, 0.3) is 0 Å². The third kappa shape index (κ3) is 3.39. The number of aromatic nitrogens is 1. The Balaban J connectivity index is 2.22. The molecular weight excluding hydrogens is 252 g/mol. The molecule has 2 rings (SSSR count). The number of hydrogen-bond donors (Lipinski definition) is 1. The van der Waals surface area contributed by atoms with E-state index in [1.54, 1.807) is 0 Å². The standard InChI is InChI=1S/C16H22N2O2/c1-11(2)16(19)20-13-5-6-15-14(9-13)12(10-17-15)7-8-18(3)4/h5-6,9-11,17H,7-8H2,1-4H3. The minimum Gasteiger partial charge on any atom is -0.426 e. The van der Waals surface area contributed by atoms with Crippen LogP contribution in [0.25, 0.3) is 10.9 Å². The molecule has 2 aromatic rings. The molecule has 0 spiro atoms. The van der Waals surface area contributed by atoms with E-state index in [2.05, 4.69) is 24.0 Å². The number of likely N-dealkylation sites (N-methyl/N-ethyl adjacent to an activating group) is 1. The summed E-state index contributed by atoms with van der Waals surface area (Å²) in [7, 11) is 4.12. The van der Waals surface area contributed by atoms with Crippen molar-refractivity contribution >= 4 is 16.9 Å². The summed E-state index contributed by atoms with van der Waals surface area (Å²) in [5, 5.41) is 1.13. The predicted molar refractivity (Wildman–Crippen MR) is 81.0 cm³/mol. The van der Waals surface area contributed by atoms with Crippen LogP contribution in [-0.2, 0) is 11.2 Å². The van der Waals surface area contributed by atoms with Gasteiger partial charge in [-0.1, -0.05) is 13.8 Å². The number of rotatable bonds is 5. The lowest BCUT2D eigenvalue weighted by Gasteiger charge is -2.09. The number of hydrogen-bond acceptors (Lipinski definition) is 3. The van der Waals surface area contributed by atoms with Crippen LogP contribution >= 0.6 is 0 Å². The number of benzene rings is 1. The lowest BCUT2D eigenvalue weighted by molar-refractivity contribution is -0.137. The predicted octanol–water partition coefficient (Wildman–Crippen LogP) is 2.83. The second kappa shape index (κ2) is 6.09. The highest BCUT2D eigenvalue weighted by Gasteiger charge is 2.11. The van der Waals surface area contributed by atoms with Crippen LogP contribution in [0.15, 0.2) is 24.4 Å². The summed E-state index contributed by atoms with van der Waals surface area (Å²) in [6, 6.07) is 5.73. The lowest BCUT2D eigenvalue weighted by atomic mass is 10.1. The normalized spacial score (nSPS) is 11.5. The Morgan fingerprint density at radius 3 is 2.75 bits per heavy atom. The molecule has 0 amide bonds. The number of carbonyl (C=O) groups is 1. The zero-order valence-electron chi connectivity index (χ0n) is 12.6. The Labute approximate surface area is 119 Å². The average molecular weight is 274 g/mol. The quantitative estimate of drug-likeness (QED) is 0.673. The average Bonchev–Trinajstić information content (AvgIpc) is 2.78. The Kier molecular flexibility index (Phi) is 4.45. The molecule has 1 N–H and O–H groups in total. The second-order valence-corrected chi connectivity index (χ2v) is 5.65. The number of carbonyl (C=O) groups excluding carboxylic acids is 1. The van der Waals surface area contributed by atoms with Gasteiger partial charge in [-0.15, -0.1) is 0 Å². The summed E-state index contributed by atoms with van der Waals surface area (Å²) in [6.07, 6.45) is 3.00. The molecule has 0 saturated carbocycles. The van der Waals surface area contributed by atoms with Gasteiger partial charge in [0.05, 0.1) is 5.92 Å². The number of ether oxygens (including phenoxy) is 1. The van der Waals surface area contributed by atoms with Crippen LogP contribution in [0.1, 0.15) is 19.4 Å². The van der Waals surface area contributed by atoms with E-state index in [1.165, 1.54) is 5.56 Å². The highest BCUT2D eigenvalue weighted by atomic mass is 16.5. The molecule has 0 aliphatic carbocycles. The van der Waals surface area contributed by atoms with E-state index in [4.69, 9.17) is 4.74 Å². The largest absolute Gasteiger partial charge is 0.426 e. The third-order valence-corrected chi connectivity index (χ3v) is 3.26. The molecule has 1 aromatic heterocycles. The molecule has 0 bridgehead atoms. The Bertz CT molecular complexity index is 600. The highest BCUT2D eigenvalue weighted by molar-refractivity contribution is 5.85. The summed E-state index contributed by atoms with van der Waals surface area (Å²) in [4.78, 5) is 17.1. The lowest BCUT2D eigenvalue weighted by Crippen LogP contribution is -2.15. The molecule has 0 unspecified atom stereocenters. The van der Waals surface area contributed by atoms with Crippen molar-refractivity contribution in [2.75, 3.05) is 20.6 Å². The fraction of sp³-hybridized carbons (Fsp3) is 0.438. The van der Waals surface area contributed by atoms with Crippen LogP contribution < -0.4 is 4.74 Å². The maximum absolute atomic E-state index is 11.6. The maximum atomic E-state index is 11.6. The fourth-order valence-electron chi connectivity index (χ4n) is 2.01. The van der Waals surface area contributed by atoms with Gasteiger partial charge < -0.3 is 14.6 Å². The summed E-state index contributed by atoms with van der Waals surface area (Å²) in [5.74, 6) is 0.293. The molecule has 0 aliphatic rings. The van der Waals surface area contributed by atoms with E-state index >= 15 is 0 Å². The first-order valence-electron chi connectivity index (χ1n) is 6.94. The molecule has 0 radical (unpaired) electrons. The molecule has 1 heterocycles. The van der Waals surface area contributed by atoms with Crippen molar-refractivity contribution in [1.29, 1.82) is 0 Å². The van der Waals surface area contributed by atoms with Crippen LogP contribution in [0.2, 0.25) is 0 Å². The molecule has 4 heteroatoms. The smallest absolute Gasteiger partial charge is 0.313 e. The van der Waals surface area contributed by atoms with Gasteiger partial charge in [0.15, 0.2) is 0 Å². The van der Waals surface area contributed by atoms with Gasteiger partial charge in [0.2, 0.25) is 0 Å². The fourth-order valence-corrected chi connectivity index (χ4v) is 2.01. The monoisotopic (exact) mass is 274 g/mol. The minimum atomic E-state index is -0.199. The molecule has 108 valence electrons. The highest BCUT2D eigenvalue weighted by Crippen LogP contribution is 2.24. The number of nitrogens with zero attached hydrogens (tertiary/aromatic N) is 1.